The van der Waals surface area contributed by atoms with Gasteiger partial charge in [0.25, 0.3) is 0 Å². The highest BCUT2D eigenvalue weighted by molar-refractivity contribution is 5.24. The number of allylic oxidation sites excluding steroid dienone is 2. The van der Waals surface area contributed by atoms with Gasteiger partial charge in [-0.3, -0.25) is 0 Å². The SMILES string of the molecule is CCCCCCCCCCC1CC2(C)C=CC1C2(C)C. The first-order chi connectivity index (χ1) is 9.51. The highest BCUT2D eigenvalue weighted by Gasteiger charge is 2.56. The Kier molecular flexibility index (Phi) is 5.37. The van der Waals surface area contributed by atoms with Crippen LogP contribution in [0.15, 0.2) is 12.2 Å². The van der Waals surface area contributed by atoms with Crippen molar-refractivity contribution in [3.8, 4) is 0 Å². The number of hydrogen-bond acceptors (Lipinski definition) is 0. The third-order valence-electron chi connectivity index (χ3n) is 6.60. The van der Waals surface area contributed by atoms with Crippen LogP contribution in [-0.2, 0) is 0 Å². The number of hydrogen-bond donors (Lipinski definition) is 0. The molecule has 0 aromatic heterocycles. The Morgan fingerprint density at radius 2 is 1.50 bits per heavy atom. The number of unbranched alkanes of at least 4 members (excludes halogenated alkanes) is 7. The van der Waals surface area contributed by atoms with Crippen molar-refractivity contribution in [1.29, 1.82) is 0 Å². The minimum atomic E-state index is 0.489. The normalized spacial score (nSPS) is 34.0. The van der Waals surface area contributed by atoms with E-state index in [9.17, 15) is 0 Å². The molecule has 3 unspecified atom stereocenters. The van der Waals surface area contributed by atoms with E-state index in [1.807, 2.05) is 0 Å². The molecule has 0 aliphatic heterocycles. The van der Waals surface area contributed by atoms with E-state index in [0.29, 0.717) is 10.8 Å². The van der Waals surface area contributed by atoms with Crippen molar-refractivity contribution in [2.45, 2.75) is 91.9 Å². The van der Waals surface area contributed by atoms with Gasteiger partial charge in [0.1, 0.15) is 0 Å². The molecule has 0 nitrogen and oxygen atoms in total. The van der Waals surface area contributed by atoms with Crippen LogP contribution in [0.25, 0.3) is 0 Å². The highest BCUT2D eigenvalue weighted by atomic mass is 14.6. The lowest BCUT2D eigenvalue weighted by atomic mass is 9.70. The van der Waals surface area contributed by atoms with Crippen molar-refractivity contribution in [3.05, 3.63) is 12.2 Å². The quantitative estimate of drug-likeness (QED) is 0.322. The van der Waals surface area contributed by atoms with Gasteiger partial charge in [-0.15, -0.1) is 0 Å². The Morgan fingerprint density at radius 1 is 0.900 bits per heavy atom. The van der Waals surface area contributed by atoms with Crippen molar-refractivity contribution >= 4 is 0 Å². The van der Waals surface area contributed by atoms with Gasteiger partial charge >= 0.3 is 0 Å². The van der Waals surface area contributed by atoms with Gasteiger partial charge in [-0.1, -0.05) is 91.2 Å². The van der Waals surface area contributed by atoms with Gasteiger partial charge in [-0.25, -0.2) is 0 Å². The van der Waals surface area contributed by atoms with Crippen LogP contribution in [0.1, 0.15) is 91.9 Å². The fourth-order valence-electron chi connectivity index (χ4n) is 4.72. The van der Waals surface area contributed by atoms with Gasteiger partial charge in [0, 0.05) is 0 Å². The molecule has 0 aromatic carbocycles. The molecule has 0 N–H and O–H groups in total. The molecule has 0 aromatic rings. The molecule has 0 saturated heterocycles. The monoisotopic (exact) mass is 276 g/mol. The van der Waals surface area contributed by atoms with Gasteiger partial charge < -0.3 is 0 Å². The topological polar surface area (TPSA) is 0 Å². The van der Waals surface area contributed by atoms with Crippen LogP contribution in [0.4, 0.5) is 0 Å². The minimum absolute atomic E-state index is 0.489. The average Bonchev–Trinajstić information content (AvgIpc) is 2.74. The molecular formula is C20H36. The zero-order chi connectivity index (χ0) is 14.6. The summed E-state index contributed by atoms with van der Waals surface area (Å²) in [6.45, 7) is 9.76. The van der Waals surface area contributed by atoms with E-state index >= 15 is 0 Å². The van der Waals surface area contributed by atoms with Crippen molar-refractivity contribution in [2.24, 2.45) is 22.7 Å². The number of rotatable bonds is 9. The molecule has 3 atom stereocenters. The van der Waals surface area contributed by atoms with E-state index in [1.165, 1.54) is 64.2 Å². The van der Waals surface area contributed by atoms with Gasteiger partial charge in [0.05, 0.1) is 0 Å². The zero-order valence-electron chi connectivity index (χ0n) is 14.4. The lowest BCUT2D eigenvalue weighted by Crippen LogP contribution is -2.27. The highest BCUT2D eigenvalue weighted by Crippen LogP contribution is 2.64. The molecule has 0 spiro atoms. The molecular weight excluding hydrogens is 240 g/mol. The first-order valence-corrected chi connectivity index (χ1v) is 9.20. The Bertz CT molecular complexity index is 325. The second-order valence-corrected chi connectivity index (χ2v) is 8.25. The summed E-state index contributed by atoms with van der Waals surface area (Å²) in [6, 6.07) is 0. The second kappa shape index (κ2) is 6.67. The molecule has 0 radical (unpaired) electrons. The molecule has 20 heavy (non-hydrogen) atoms. The zero-order valence-corrected chi connectivity index (χ0v) is 14.4. The molecule has 0 heterocycles. The van der Waals surface area contributed by atoms with Gasteiger partial charge in [-0.05, 0) is 35.5 Å². The van der Waals surface area contributed by atoms with E-state index in [1.54, 1.807) is 0 Å². The molecule has 1 fully saturated rings. The largest absolute Gasteiger partial charge is 0.0840 e. The van der Waals surface area contributed by atoms with Crippen LogP contribution in [-0.4, -0.2) is 0 Å². The predicted molar refractivity (Wildman–Crippen MR) is 89.9 cm³/mol. The first kappa shape index (κ1) is 16.1. The smallest absolute Gasteiger partial charge is 0.00867 e. The van der Waals surface area contributed by atoms with Crippen LogP contribution in [0, 0.1) is 22.7 Å². The Morgan fingerprint density at radius 3 is 2.00 bits per heavy atom. The maximum atomic E-state index is 2.54. The summed E-state index contributed by atoms with van der Waals surface area (Å²) in [7, 11) is 0. The van der Waals surface area contributed by atoms with Gasteiger partial charge in [0.15, 0.2) is 0 Å². The summed E-state index contributed by atoms with van der Waals surface area (Å²) < 4.78 is 0. The van der Waals surface area contributed by atoms with Crippen molar-refractivity contribution in [2.75, 3.05) is 0 Å². The van der Waals surface area contributed by atoms with E-state index in [2.05, 4.69) is 39.8 Å². The molecule has 2 aliphatic carbocycles. The fourth-order valence-corrected chi connectivity index (χ4v) is 4.72. The lowest BCUT2D eigenvalue weighted by Gasteiger charge is -2.33. The van der Waals surface area contributed by atoms with Crippen LogP contribution in [0.5, 0.6) is 0 Å². The van der Waals surface area contributed by atoms with Crippen LogP contribution < -0.4 is 0 Å². The van der Waals surface area contributed by atoms with Crippen molar-refractivity contribution < 1.29 is 0 Å². The van der Waals surface area contributed by atoms with Gasteiger partial charge in [0.2, 0.25) is 0 Å². The van der Waals surface area contributed by atoms with E-state index in [-0.39, 0.29) is 0 Å². The summed E-state index contributed by atoms with van der Waals surface area (Å²) in [5.74, 6) is 1.83. The summed E-state index contributed by atoms with van der Waals surface area (Å²) >= 11 is 0. The molecule has 2 bridgehead atoms. The van der Waals surface area contributed by atoms with E-state index < -0.39 is 0 Å². The van der Waals surface area contributed by atoms with Crippen LogP contribution >= 0.6 is 0 Å². The van der Waals surface area contributed by atoms with Crippen LogP contribution in [0.3, 0.4) is 0 Å². The first-order valence-electron chi connectivity index (χ1n) is 9.20. The predicted octanol–water partition coefficient (Wildman–Crippen LogP) is 6.76. The lowest BCUT2D eigenvalue weighted by molar-refractivity contribution is 0.178. The minimum Gasteiger partial charge on any atom is -0.0840 e. The molecule has 0 heteroatoms. The third kappa shape index (κ3) is 3.15. The summed E-state index contributed by atoms with van der Waals surface area (Å²) in [6.07, 6.45) is 19.6. The third-order valence-corrected chi connectivity index (χ3v) is 6.60. The summed E-state index contributed by atoms with van der Waals surface area (Å²) in [5, 5.41) is 0. The van der Waals surface area contributed by atoms with Gasteiger partial charge in [-0.2, -0.15) is 0 Å². The molecule has 0 amide bonds. The molecule has 1 saturated carbocycles. The Balaban J connectivity index is 1.59. The van der Waals surface area contributed by atoms with Crippen molar-refractivity contribution in [3.63, 3.8) is 0 Å². The molecule has 2 rings (SSSR count). The van der Waals surface area contributed by atoms with Crippen molar-refractivity contribution in [1.82, 2.24) is 0 Å². The maximum Gasteiger partial charge on any atom is -0.00867 e. The fraction of sp³-hybridized carbons (Fsp3) is 0.900. The maximum absolute atomic E-state index is 2.54. The van der Waals surface area contributed by atoms with E-state index in [4.69, 9.17) is 0 Å². The molecule has 2 aliphatic rings. The summed E-state index contributed by atoms with van der Waals surface area (Å²) in [5.41, 5.74) is 1.00. The Labute approximate surface area is 127 Å². The number of fused-ring (bicyclic) bond motifs is 2. The standard InChI is InChI=1S/C20H36/c1-5-6-7-8-9-10-11-12-13-17-16-20(4)15-14-18(17)19(20,2)3/h14-15,17-18H,5-13,16H2,1-4H3. The Hall–Kier alpha value is -0.260. The van der Waals surface area contributed by atoms with Crippen LogP contribution in [0.2, 0.25) is 0 Å². The van der Waals surface area contributed by atoms with E-state index in [0.717, 1.165) is 11.8 Å². The second-order valence-electron chi connectivity index (χ2n) is 8.25. The molecule has 116 valence electrons. The average molecular weight is 277 g/mol. The summed E-state index contributed by atoms with van der Waals surface area (Å²) in [4.78, 5) is 0.